The number of nitrogens with zero attached hydrogens (tertiary/aromatic N) is 1. The molecule has 0 atom stereocenters. The lowest BCUT2D eigenvalue weighted by Crippen LogP contribution is -2.21. The maximum absolute atomic E-state index is 11.8. The van der Waals surface area contributed by atoms with Crippen LogP contribution in [-0.4, -0.2) is 12.5 Å². The van der Waals surface area contributed by atoms with E-state index in [1.807, 2.05) is 56.3 Å². The van der Waals surface area contributed by atoms with Crippen LogP contribution in [0.4, 0.5) is 5.69 Å². The molecule has 5 heteroatoms. The molecule has 24 heavy (non-hydrogen) atoms. The minimum absolute atomic E-state index is 0.177. The minimum Gasteiger partial charge on any atom is -0.490 e. The van der Waals surface area contributed by atoms with Gasteiger partial charge in [0, 0.05) is 5.39 Å². The number of hydrogen-bond donors (Lipinski definition) is 1. The Morgan fingerprint density at radius 2 is 2.00 bits per heavy atom. The quantitative estimate of drug-likeness (QED) is 0.799. The average Bonchev–Trinajstić information content (AvgIpc) is 2.57. The smallest absolute Gasteiger partial charge is 0.254 e. The van der Waals surface area contributed by atoms with E-state index in [0.717, 1.165) is 16.6 Å². The highest BCUT2D eigenvalue weighted by molar-refractivity contribution is 5.96. The van der Waals surface area contributed by atoms with Crippen LogP contribution in [0.2, 0.25) is 0 Å². The van der Waals surface area contributed by atoms with E-state index < -0.39 is 5.91 Å². The maximum atomic E-state index is 11.8. The first-order chi connectivity index (χ1) is 11.6. The van der Waals surface area contributed by atoms with Gasteiger partial charge in [-0.15, -0.1) is 0 Å². The molecule has 0 spiro atoms. The molecule has 1 aromatic heterocycles. The first-order valence-electron chi connectivity index (χ1n) is 7.70. The van der Waals surface area contributed by atoms with Crippen LogP contribution in [0.25, 0.3) is 11.0 Å². The average molecular weight is 322 g/mol. The zero-order valence-electron chi connectivity index (χ0n) is 13.6. The lowest BCUT2D eigenvalue weighted by atomic mass is 10.1. The third-order valence-electron chi connectivity index (χ3n) is 3.64. The second-order valence-corrected chi connectivity index (χ2v) is 5.34. The van der Waals surface area contributed by atoms with Crippen molar-refractivity contribution in [2.75, 3.05) is 6.61 Å². The fourth-order valence-corrected chi connectivity index (χ4v) is 2.45. The van der Waals surface area contributed by atoms with Gasteiger partial charge >= 0.3 is 0 Å². The summed E-state index contributed by atoms with van der Waals surface area (Å²) in [7, 11) is 0. The standard InChI is InChI=1S/C19H18N2O3/c1-3-23-16-10-6-8-13-11-14(18(20)22)19(24-17(13)16)21-15-9-5-4-7-12(15)2/h4-11H,3H2,1-2H3,(H2,20,22). The largest absolute Gasteiger partial charge is 0.490 e. The number of carbonyl (C=O) groups is 1. The molecule has 2 aromatic carbocycles. The molecule has 2 N–H and O–H groups in total. The van der Waals surface area contributed by atoms with Gasteiger partial charge in [0.15, 0.2) is 11.3 Å². The first-order valence-corrected chi connectivity index (χ1v) is 7.70. The van der Waals surface area contributed by atoms with E-state index in [1.54, 1.807) is 6.07 Å². The molecule has 0 aliphatic heterocycles. The van der Waals surface area contributed by atoms with Gasteiger partial charge < -0.3 is 14.9 Å². The van der Waals surface area contributed by atoms with Crippen LogP contribution in [0.15, 0.2) is 57.9 Å². The predicted octanol–water partition coefficient (Wildman–Crippen LogP) is 3.47. The van der Waals surface area contributed by atoms with Gasteiger partial charge in [-0.3, -0.25) is 4.79 Å². The fraction of sp³-hybridized carbons (Fsp3) is 0.158. The Hall–Kier alpha value is -3.08. The normalized spacial score (nSPS) is 11.7. The van der Waals surface area contributed by atoms with Gasteiger partial charge in [-0.1, -0.05) is 30.3 Å². The maximum Gasteiger partial charge on any atom is 0.254 e. The zero-order valence-corrected chi connectivity index (χ0v) is 13.6. The topological polar surface area (TPSA) is 77.8 Å². The Labute approximate surface area is 139 Å². The summed E-state index contributed by atoms with van der Waals surface area (Å²) in [6, 6.07) is 14.8. The van der Waals surface area contributed by atoms with Crippen molar-refractivity contribution in [1.82, 2.24) is 0 Å². The van der Waals surface area contributed by atoms with Crippen LogP contribution in [0.3, 0.4) is 0 Å². The molecular weight excluding hydrogens is 304 g/mol. The van der Waals surface area contributed by atoms with E-state index in [0.29, 0.717) is 17.9 Å². The highest BCUT2D eigenvalue weighted by Gasteiger charge is 2.12. The minimum atomic E-state index is -0.588. The van der Waals surface area contributed by atoms with Crippen molar-refractivity contribution in [3.63, 3.8) is 0 Å². The molecule has 0 bridgehead atoms. The van der Waals surface area contributed by atoms with Gasteiger partial charge in [-0.2, -0.15) is 0 Å². The summed E-state index contributed by atoms with van der Waals surface area (Å²) in [6.45, 7) is 4.35. The van der Waals surface area contributed by atoms with Gasteiger partial charge in [-0.25, -0.2) is 4.99 Å². The molecule has 3 rings (SSSR count). The molecule has 1 amide bonds. The fourth-order valence-electron chi connectivity index (χ4n) is 2.45. The summed E-state index contributed by atoms with van der Waals surface area (Å²) in [6.07, 6.45) is 0. The molecule has 0 saturated heterocycles. The van der Waals surface area contributed by atoms with Gasteiger partial charge in [0.25, 0.3) is 5.91 Å². The molecule has 1 heterocycles. The van der Waals surface area contributed by atoms with Crippen molar-refractivity contribution in [1.29, 1.82) is 0 Å². The number of nitrogens with two attached hydrogens (primary N) is 1. The van der Waals surface area contributed by atoms with E-state index in [4.69, 9.17) is 14.9 Å². The predicted molar refractivity (Wildman–Crippen MR) is 92.3 cm³/mol. The van der Waals surface area contributed by atoms with E-state index in [1.165, 1.54) is 0 Å². The van der Waals surface area contributed by atoms with Crippen LogP contribution >= 0.6 is 0 Å². The number of fused-ring (bicyclic) bond motifs is 1. The van der Waals surface area contributed by atoms with Crippen LogP contribution in [-0.2, 0) is 0 Å². The van der Waals surface area contributed by atoms with Crippen molar-refractivity contribution in [2.45, 2.75) is 13.8 Å². The molecule has 0 aliphatic carbocycles. The van der Waals surface area contributed by atoms with Crippen molar-refractivity contribution in [2.24, 2.45) is 10.7 Å². The van der Waals surface area contributed by atoms with Crippen molar-refractivity contribution < 1.29 is 13.9 Å². The molecular formula is C19H18N2O3. The van der Waals surface area contributed by atoms with Gasteiger partial charge in [0.2, 0.25) is 5.55 Å². The van der Waals surface area contributed by atoms with Crippen molar-refractivity contribution >= 4 is 22.6 Å². The summed E-state index contributed by atoms with van der Waals surface area (Å²) in [5.74, 6) is 0.0158. The number of amides is 1. The highest BCUT2D eigenvalue weighted by Crippen LogP contribution is 2.25. The highest BCUT2D eigenvalue weighted by atomic mass is 16.5. The lowest BCUT2D eigenvalue weighted by molar-refractivity contribution is 0.0996. The second-order valence-electron chi connectivity index (χ2n) is 5.34. The number of ether oxygens (including phenoxy) is 1. The number of carbonyl (C=O) groups excluding carboxylic acids is 1. The van der Waals surface area contributed by atoms with Gasteiger partial charge in [-0.05, 0) is 37.6 Å². The number of aryl methyl sites for hydroxylation is 1. The SMILES string of the molecule is CCOc1cccc2cc(C(N)=O)c(=Nc3ccccc3C)oc12. The van der Waals surface area contributed by atoms with Crippen LogP contribution in [0.1, 0.15) is 22.8 Å². The number of benzene rings is 2. The van der Waals surface area contributed by atoms with Crippen molar-refractivity contribution in [3.8, 4) is 5.75 Å². The number of rotatable bonds is 4. The Kier molecular flexibility index (Phi) is 4.33. The Bertz CT molecular complexity index is 974. The molecule has 122 valence electrons. The number of hydrogen-bond acceptors (Lipinski definition) is 4. The first kappa shape index (κ1) is 15.8. The Balaban J connectivity index is 2.32. The Morgan fingerprint density at radius 3 is 2.71 bits per heavy atom. The van der Waals surface area contributed by atoms with E-state index in [-0.39, 0.29) is 11.1 Å². The summed E-state index contributed by atoms with van der Waals surface area (Å²) in [5, 5.41) is 0.735. The molecule has 0 radical (unpaired) electrons. The van der Waals surface area contributed by atoms with E-state index in [9.17, 15) is 4.79 Å². The number of para-hydroxylation sites is 2. The summed E-state index contributed by atoms with van der Waals surface area (Å²) in [4.78, 5) is 16.3. The van der Waals surface area contributed by atoms with Crippen molar-refractivity contribution in [3.05, 3.63) is 65.2 Å². The second kappa shape index (κ2) is 6.58. The molecule has 0 unspecified atom stereocenters. The summed E-state index contributed by atoms with van der Waals surface area (Å²) < 4.78 is 11.5. The molecule has 0 aliphatic rings. The Morgan fingerprint density at radius 1 is 1.21 bits per heavy atom. The monoisotopic (exact) mass is 322 g/mol. The van der Waals surface area contributed by atoms with Crippen LogP contribution in [0.5, 0.6) is 5.75 Å². The zero-order chi connectivity index (χ0) is 17.1. The summed E-state index contributed by atoms with van der Waals surface area (Å²) in [5.41, 5.74) is 8.15. The number of primary amides is 1. The van der Waals surface area contributed by atoms with Crippen LogP contribution in [0, 0.1) is 6.92 Å². The van der Waals surface area contributed by atoms with Gasteiger partial charge in [0.05, 0.1) is 12.3 Å². The summed E-state index contributed by atoms with van der Waals surface area (Å²) >= 11 is 0. The lowest BCUT2D eigenvalue weighted by Gasteiger charge is -2.08. The van der Waals surface area contributed by atoms with Gasteiger partial charge in [0.1, 0.15) is 5.56 Å². The van der Waals surface area contributed by atoms with E-state index >= 15 is 0 Å². The van der Waals surface area contributed by atoms with Crippen LogP contribution < -0.4 is 16.0 Å². The molecule has 3 aromatic rings. The van der Waals surface area contributed by atoms with E-state index in [2.05, 4.69) is 4.99 Å². The molecule has 5 nitrogen and oxygen atoms in total. The third-order valence-corrected chi connectivity index (χ3v) is 3.64. The third kappa shape index (κ3) is 3.01. The molecule has 0 saturated carbocycles. The molecule has 0 fully saturated rings.